The van der Waals surface area contributed by atoms with Gasteiger partial charge in [0.15, 0.2) is 0 Å². The molecule has 0 aromatic heterocycles. The van der Waals surface area contributed by atoms with Crippen LogP contribution in [0.1, 0.15) is 24.8 Å². The van der Waals surface area contributed by atoms with Crippen molar-refractivity contribution in [3.05, 3.63) is 28.8 Å². The molecule has 1 aromatic carbocycles. The first-order valence-electron chi connectivity index (χ1n) is 6.33. The Bertz CT molecular complexity index is 405. The summed E-state index contributed by atoms with van der Waals surface area (Å²) >= 11 is 5.99. The van der Waals surface area contributed by atoms with Crippen LogP contribution in [-0.4, -0.2) is 25.4 Å². The fourth-order valence-electron chi connectivity index (χ4n) is 2.28. The second-order valence-corrected chi connectivity index (χ2v) is 5.47. The average Bonchev–Trinajstić information content (AvgIpc) is 3.10. The van der Waals surface area contributed by atoms with Gasteiger partial charge in [0.25, 0.3) is 0 Å². The summed E-state index contributed by atoms with van der Waals surface area (Å²) in [6.07, 6.45) is 3.33. The third-order valence-electron chi connectivity index (χ3n) is 3.66. The molecule has 18 heavy (non-hydrogen) atoms. The second-order valence-electron chi connectivity index (χ2n) is 5.03. The topological polar surface area (TPSA) is 41.5 Å². The molecule has 0 amide bonds. The lowest BCUT2D eigenvalue weighted by Crippen LogP contribution is -2.24. The smallest absolute Gasteiger partial charge is 0.123 e. The van der Waals surface area contributed by atoms with Gasteiger partial charge in [0, 0.05) is 30.3 Å². The standard InChI is InChI=1S/C14H20ClNO2/c1-18-13-3-2-12(15)8-11(13)9-16-10-14(4-5-14)6-7-17/h2-3,8,16-17H,4-7,9-10H2,1H3. The molecule has 0 spiro atoms. The Morgan fingerprint density at radius 2 is 2.22 bits per heavy atom. The van der Waals surface area contributed by atoms with Crippen LogP contribution in [0, 0.1) is 5.41 Å². The van der Waals surface area contributed by atoms with Crippen LogP contribution in [0.3, 0.4) is 0 Å². The van der Waals surface area contributed by atoms with E-state index >= 15 is 0 Å². The number of ether oxygens (including phenoxy) is 1. The van der Waals surface area contributed by atoms with Gasteiger partial charge in [-0.2, -0.15) is 0 Å². The van der Waals surface area contributed by atoms with Crippen molar-refractivity contribution < 1.29 is 9.84 Å². The number of hydrogen-bond acceptors (Lipinski definition) is 3. The van der Waals surface area contributed by atoms with Crippen molar-refractivity contribution in [3.8, 4) is 5.75 Å². The molecule has 0 radical (unpaired) electrons. The molecule has 0 bridgehead atoms. The Labute approximate surface area is 113 Å². The summed E-state index contributed by atoms with van der Waals surface area (Å²) in [5.74, 6) is 0.860. The van der Waals surface area contributed by atoms with E-state index in [0.717, 1.165) is 35.8 Å². The van der Waals surface area contributed by atoms with Crippen molar-refractivity contribution in [2.45, 2.75) is 25.8 Å². The number of nitrogens with one attached hydrogen (secondary N) is 1. The predicted molar refractivity (Wildman–Crippen MR) is 73.1 cm³/mol. The lowest BCUT2D eigenvalue weighted by atomic mass is 10.0. The Morgan fingerprint density at radius 1 is 1.44 bits per heavy atom. The molecule has 0 heterocycles. The van der Waals surface area contributed by atoms with Gasteiger partial charge >= 0.3 is 0 Å². The maximum absolute atomic E-state index is 9.01. The fraction of sp³-hybridized carbons (Fsp3) is 0.571. The molecule has 0 saturated heterocycles. The third-order valence-corrected chi connectivity index (χ3v) is 3.89. The Hall–Kier alpha value is -0.770. The van der Waals surface area contributed by atoms with E-state index in [1.54, 1.807) is 7.11 Å². The van der Waals surface area contributed by atoms with E-state index in [9.17, 15) is 0 Å². The predicted octanol–water partition coefficient (Wildman–Crippen LogP) is 2.60. The van der Waals surface area contributed by atoms with Crippen LogP contribution in [0.4, 0.5) is 0 Å². The maximum Gasteiger partial charge on any atom is 0.123 e. The molecule has 0 atom stereocenters. The minimum atomic E-state index is 0.280. The van der Waals surface area contributed by atoms with E-state index in [2.05, 4.69) is 5.32 Å². The SMILES string of the molecule is COc1ccc(Cl)cc1CNCC1(CCO)CC1. The number of halogens is 1. The summed E-state index contributed by atoms with van der Waals surface area (Å²) in [5, 5.41) is 13.2. The monoisotopic (exact) mass is 269 g/mol. The molecule has 100 valence electrons. The number of benzene rings is 1. The summed E-state index contributed by atoms with van der Waals surface area (Å²) in [5.41, 5.74) is 1.41. The highest BCUT2D eigenvalue weighted by Gasteiger charge is 2.41. The largest absolute Gasteiger partial charge is 0.496 e. The van der Waals surface area contributed by atoms with Crippen LogP contribution in [0.5, 0.6) is 5.75 Å². The van der Waals surface area contributed by atoms with E-state index in [-0.39, 0.29) is 6.61 Å². The number of hydrogen-bond donors (Lipinski definition) is 2. The molecule has 4 heteroatoms. The zero-order valence-corrected chi connectivity index (χ0v) is 11.5. The van der Waals surface area contributed by atoms with Crippen LogP contribution in [0.15, 0.2) is 18.2 Å². The van der Waals surface area contributed by atoms with Crippen LogP contribution in [-0.2, 0) is 6.54 Å². The third kappa shape index (κ3) is 3.37. The molecule has 1 aromatic rings. The van der Waals surface area contributed by atoms with Crippen molar-refractivity contribution in [1.82, 2.24) is 5.32 Å². The number of rotatable bonds is 7. The molecule has 0 unspecified atom stereocenters. The van der Waals surface area contributed by atoms with Crippen molar-refractivity contribution in [2.75, 3.05) is 20.3 Å². The lowest BCUT2D eigenvalue weighted by molar-refractivity contribution is 0.245. The van der Waals surface area contributed by atoms with E-state index in [1.165, 1.54) is 12.8 Å². The molecule has 1 aliphatic rings. The molecule has 1 saturated carbocycles. The van der Waals surface area contributed by atoms with Gasteiger partial charge in [-0.25, -0.2) is 0 Å². The first-order valence-corrected chi connectivity index (χ1v) is 6.71. The molecule has 2 N–H and O–H groups in total. The molecule has 1 fully saturated rings. The van der Waals surface area contributed by atoms with Gasteiger partial charge in [-0.3, -0.25) is 0 Å². The summed E-state index contributed by atoms with van der Waals surface area (Å²) < 4.78 is 5.31. The van der Waals surface area contributed by atoms with Gasteiger partial charge in [0.1, 0.15) is 5.75 Å². The number of aliphatic hydroxyl groups excluding tert-OH is 1. The number of methoxy groups -OCH3 is 1. The van der Waals surface area contributed by atoms with E-state index in [0.29, 0.717) is 5.41 Å². The van der Waals surface area contributed by atoms with Crippen molar-refractivity contribution in [2.24, 2.45) is 5.41 Å². The van der Waals surface area contributed by atoms with E-state index < -0.39 is 0 Å². The van der Waals surface area contributed by atoms with Gasteiger partial charge in [-0.05, 0) is 42.9 Å². The minimum Gasteiger partial charge on any atom is -0.496 e. The van der Waals surface area contributed by atoms with Gasteiger partial charge < -0.3 is 15.2 Å². The van der Waals surface area contributed by atoms with Crippen LogP contribution in [0.2, 0.25) is 5.02 Å². The minimum absolute atomic E-state index is 0.280. The quantitative estimate of drug-likeness (QED) is 0.800. The Balaban J connectivity index is 1.88. The molecule has 0 aliphatic heterocycles. The molecule has 1 aliphatic carbocycles. The van der Waals surface area contributed by atoms with Gasteiger partial charge in [0.2, 0.25) is 0 Å². The van der Waals surface area contributed by atoms with Crippen molar-refractivity contribution >= 4 is 11.6 Å². The molecular weight excluding hydrogens is 250 g/mol. The zero-order chi connectivity index (χ0) is 13.0. The van der Waals surface area contributed by atoms with E-state index in [1.807, 2.05) is 18.2 Å². The normalized spacial score (nSPS) is 16.6. The molecule has 3 nitrogen and oxygen atoms in total. The summed E-state index contributed by atoms with van der Waals surface area (Å²) in [4.78, 5) is 0. The van der Waals surface area contributed by atoms with Gasteiger partial charge in [-0.1, -0.05) is 11.6 Å². The van der Waals surface area contributed by atoms with Crippen LogP contribution in [0.25, 0.3) is 0 Å². The highest BCUT2D eigenvalue weighted by Crippen LogP contribution is 2.47. The van der Waals surface area contributed by atoms with Crippen LogP contribution < -0.4 is 10.1 Å². The summed E-state index contributed by atoms with van der Waals surface area (Å²) in [6.45, 7) is 1.97. The maximum atomic E-state index is 9.01. The first-order chi connectivity index (χ1) is 8.69. The first kappa shape index (κ1) is 13.7. The second kappa shape index (κ2) is 5.91. The van der Waals surface area contributed by atoms with Crippen molar-refractivity contribution in [3.63, 3.8) is 0 Å². The van der Waals surface area contributed by atoms with E-state index in [4.69, 9.17) is 21.4 Å². The summed E-state index contributed by atoms with van der Waals surface area (Å²) in [7, 11) is 1.67. The Kier molecular flexibility index (Phi) is 4.49. The fourth-order valence-corrected chi connectivity index (χ4v) is 2.47. The highest BCUT2D eigenvalue weighted by atomic mass is 35.5. The van der Waals surface area contributed by atoms with Crippen molar-refractivity contribution in [1.29, 1.82) is 0 Å². The zero-order valence-electron chi connectivity index (χ0n) is 10.7. The lowest BCUT2D eigenvalue weighted by Gasteiger charge is -2.15. The van der Waals surface area contributed by atoms with Gasteiger partial charge in [-0.15, -0.1) is 0 Å². The Morgan fingerprint density at radius 3 is 2.83 bits per heavy atom. The molecule has 2 rings (SSSR count). The highest BCUT2D eigenvalue weighted by molar-refractivity contribution is 6.30. The molecular formula is C14H20ClNO2. The van der Waals surface area contributed by atoms with Gasteiger partial charge in [0.05, 0.1) is 7.11 Å². The number of aliphatic hydroxyl groups is 1. The summed E-state index contributed by atoms with van der Waals surface area (Å²) in [6, 6.07) is 5.65. The average molecular weight is 270 g/mol. The van der Waals surface area contributed by atoms with Crippen LogP contribution >= 0.6 is 11.6 Å².